The minimum Gasteiger partial charge on any atom is -0.459 e. The Morgan fingerprint density at radius 2 is 1.34 bits per heavy atom. The van der Waals surface area contributed by atoms with Gasteiger partial charge >= 0.3 is 28.5 Å². The van der Waals surface area contributed by atoms with Crippen molar-refractivity contribution in [3.63, 3.8) is 0 Å². The van der Waals surface area contributed by atoms with Gasteiger partial charge in [0.1, 0.15) is 23.6 Å². The van der Waals surface area contributed by atoms with Crippen molar-refractivity contribution >= 4 is 76.1 Å². The molecule has 0 saturated carbocycles. The van der Waals surface area contributed by atoms with Gasteiger partial charge in [0.15, 0.2) is 18.7 Å². The van der Waals surface area contributed by atoms with E-state index in [0.29, 0.717) is 31.6 Å². The van der Waals surface area contributed by atoms with Crippen molar-refractivity contribution in [2.45, 2.75) is 286 Å². The predicted molar refractivity (Wildman–Crippen MR) is 398 cm³/mol. The van der Waals surface area contributed by atoms with E-state index in [4.69, 9.17) is 42.8 Å². The summed E-state index contributed by atoms with van der Waals surface area (Å²) in [6.45, 7) is 26.6. The van der Waals surface area contributed by atoms with Gasteiger partial charge in [-0.2, -0.15) is 21.6 Å². The number of hydrogen-bond acceptors (Lipinski definition) is 23. The number of para-hydroxylation sites is 1. The number of aliphatic hydroxyl groups excluding tert-OH is 3. The SMILES string of the molecule is CCC(=O)OC1C(OC2C(C)C(OC3CC(C)(OC)C(O)C(C)O3)C(C)C(=O)OC(CC)C(C)(O)C(O)C(C)C(=O)C(C)CC2(C)O)OC(C)CC1N(C)C.CCCCCCCCCCCCOS(=O)(=O)O.Cl.Cl.OCCN1CCN(CCCN2c3ccccc3Sc3ccc(C(F)(F)F)cc32)CC1. The number of carbonyl (C=O) groups is 3. The zero-order valence-electron chi connectivity index (χ0n) is 63.9. The maximum absolute atomic E-state index is 14.2. The van der Waals surface area contributed by atoms with Crippen molar-refractivity contribution in [2.24, 2.45) is 23.7 Å². The summed E-state index contributed by atoms with van der Waals surface area (Å²) in [5.74, 6) is -5.59. The molecule has 4 saturated heterocycles. The molecule has 5 aliphatic heterocycles. The number of esters is 2. The van der Waals surface area contributed by atoms with Crippen LogP contribution in [-0.2, 0) is 68.3 Å². The number of unbranched alkanes of at least 4 members (excludes halogenated alkanes) is 9. The second-order valence-corrected chi connectivity index (χ2v) is 31.6. The van der Waals surface area contributed by atoms with Crippen LogP contribution in [0.1, 0.15) is 191 Å². The average Bonchev–Trinajstić information content (AvgIpc) is 0.770. The molecule has 0 bridgehead atoms. The van der Waals surface area contributed by atoms with Crippen LogP contribution in [0.2, 0.25) is 0 Å². The number of hydrogen-bond donors (Lipinski definition) is 6. The molecule has 5 heterocycles. The lowest BCUT2D eigenvalue weighted by molar-refractivity contribution is -0.319. The third kappa shape index (κ3) is 27.7. The van der Waals surface area contributed by atoms with Gasteiger partial charge in [-0.05, 0) is 125 Å². The van der Waals surface area contributed by atoms with Crippen LogP contribution < -0.4 is 4.90 Å². The van der Waals surface area contributed by atoms with Crippen molar-refractivity contribution in [3.05, 3.63) is 48.0 Å². The number of anilines is 2. The third-order valence-electron chi connectivity index (χ3n) is 20.8. The van der Waals surface area contributed by atoms with Crippen molar-refractivity contribution in [2.75, 3.05) is 85.1 Å². The number of cyclic esters (lactones) is 1. The summed E-state index contributed by atoms with van der Waals surface area (Å²) in [4.78, 5) is 51.5. The highest BCUT2D eigenvalue weighted by Gasteiger charge is 2.54. The molecule has 7 rings (SSSR count). The molecule has 0 radical (unpaired) electrons. The van der Waals surface area contributed by atoms with Crippen LogP contribution in [0.15, 0.2) is 52.3 Å². The first-order valence-electron chi connectivity index (χ1n) is 36.9. The number of fused-ring (bicyclic) bond motifs is 2. The maximum atomic E-state index is 14.2. The Labute approximate surface area is 633 Å². The number of piperazine rings is 1. The maximum Gasteiger partial charge on any atom is 0.416 e. The van der Waals surface area contributed by atoms with E-state index in [1.807, 2.05) is 55.1 Å². The molecule has 0 aromatic heterocycles. The first-order chi connectivity index (χ1) is 47.9. The molecule has 30 heteroatoms. The lowest BCUT2D eigenvalue weighted by Crippen LogP contribution is -2.61. The van der Waals surface area contributed by atoms with E-state index >= 15 is 0 Å². The number of methoxy groups -OCH3 is 1. The molecule has 4 fully saturated rings. The first kappa shape index (κ1) is 95.1. The minimum atomic E-state index is -4.35. The van der Waals surface area contributed by atoms with E-state index in [0.717, 1.165) is 67.5 Å². The third-order valence-corrected chi connectivity index (χ3v) is 22.4. The Hall–Kier alpha value is -3.08. The summed E-state index contributed by atoms with van der Waals surface area (Å²) in [5, 5.41) is 55.6. The molecular formula is C74H125Cl2F3N4O19S2. The van der Waals surface area contributed by atoms with Gasteiger partial charge in [-0.3, -0.25) is 23.8 Å². The summed E-state index contributed by atoms with van der Waals surface area (Å²) in [7, 11) is 0.973. The van der Waals surface area contributed by atoms with Crippen molar-refractivity contribution in [3.8, 4) is 0 Å². The summed E-state index contributed by atoms with van der Waals surface area (Å²) in [5.41, 5.74) is -3.91. The number of ether oxygens (including phenoxy) is 7. The lowest BCUT2D eigenvalue weighted by Gasteiger charge is -2.49. The Morgan fingerprint density at radius 3 is 1.89 bits per heavy atom. The largest absolute Gasteiger partial charge is 0.459 e. The van der Waals surface area contributed by atoms with Crippen LogP contribution in [0.3, 0.4) is 0 Å². The van der Waals surface area contributed by atoms with Gasteiger partial charge in [0, 0.05) is 86.8 Å². The molecule has 18 unspecified atom stereocenters. The number of alkyl halides is 3. The number of aliphatic hydroxyl groups is 5. The fourth-order valence-electron chi connectivity index (χ4n) is 14.6. The number of carbonyl (C=O) groups excluding carboxylic acids is 3. The molecule has 0 amide bonds. The Kier molecular flexibility index (Phi) is 40.3. The van der Waals surface area contributed by atoms with Crippen LogP contribution >= 0.6 is 36.6 Å². The quantitative estimate of drug-likeness (QED) is 0.0275. The first-order valence-corrected chi connectivity index (χ1v) is 39.1. The fraction of sp³-hybridized carbons (Fsp3) is 0.797. The van der Waals surface area contributed by atoms with Crippen molar-refractivity contribution in [1.29, 1.82) is 0 Å². The van der Waals surface area contributed by atoms with Gasteiger partial charge in [-0.1, -0.05) is 123 Å². The van der Waals surface area contributed by atoms with Crippen LogP contribution in [-0.4, -0.2) is 235 Å². The van der Waals surface area contributed by atoms with Crippen LogP contribution in [0.5, 0.6) is 0 Å². The molecule has 5 aliphatic rings. The van der Waals surface area contributed by atoms with Crippen molar-refractivity contribution in [1.82, 2.24) is 14.7 Å². The number of ketones is 1. The molecule has 0 aliphatic carbocycles. The summed E-state index contributed by atoms with van der Waals surface area (Å²) in [6, 6.07) is 11.6. The second-order valence-electron chi connectivity index (χ2n) is 29.4. The van der Waals surface area contributed by atoms with E-state index in [2.05, 4.69) is 20.9 Å². The lowest BCUT2D eigenvalue weighted by atomic mass is 9.74. The van der Waals surface area contributed by atoms with Gasteiger partial charge < -0.3 is 73.4 Å². The van der Waals surface area contributed by atoms with Gasteiger partial charge in [-0.15, -0.1) is 24.8 Å². The number of likely N-dealkylation sites (N-methyl/N-ethyl adjacent to an activating group) is 1. The number of β-amino-alcohol motifs (C(OH)–C–C–N with tert-alkyl or cyclic N) is 1. The zero-order valence-corrected chi connectivity index (χ0v) is 67.2. The average molecular weight is 1570 g/mol. The monoisotopic (exact) mass is 1560 g/mol. The van der Waals surface area contributed by atoms with E-state index in [1.54, 1.807) is 54.5 Å². The molecule has 18 atom stereocenters. The van der Waals surface area contributed by atoms with Crippen molar-refractivity contribution < 1.29 is 103 Å². The molecule has 2 aromatic rings. The fourth-order valence-corrected chi connectivity index (χ4v) is 16.0. The van der Waals surface area contributed by atoms with Gasteiger partial charge in [0.25, 0.3) is 0 Å². The van der Waals surface area contributed by atoms with Gasteiger partial charge in [0.05, 0.1) is 83.8 Å². The number of halogens is 5. The van der Waals surface area contributed by atoms with Gasteiger partial charge in [-0.25, -0.2) is 4.18 Å². The zero-order chi connectivity index (χ0) is 76.1. The molecular weight excluding hydrogens is 1440 g/mol. The smallest absolute Gasteiger partial charge is 0.416 e. The number of benzene rings is 2. The normalized spacial score (nSPS) is 31.8. The summed E-state index contributed by atoms with van der Waals surface area (Å²) >= 11 is 1.53. The van der Waals surface area contributed by atoms with E-state index < -0.39 is 136 Å². The van der Waals surface area contributed by atoms with Gasteiger partial charge in [0.2, 0.25) is 0 Å². The molecule has 0 spiro atoms. The molecule has 2 aromatic carbocycles. The van der Waals surface area contributed by atoms with E-state index in [-0.39, 0.29) is 75.9 Å². The number of Topliss-reactive ketones (excluding diaryl/α,β-unsaturated/α-hetero) is 1. The van der Waals surface area contributed by atoms with Crippen LogP contribution in [0.4, 0.5) is 24.5 Å². The Balaban J connectivity index is 0.000000475. The standard InChI is InChI=1S/C40H71NO14.C22H26F3N3OS.C12H26O4S.2ClH/c1-15-27-40(11,48)33(44)22(5)30(43)20(3)18-38(9,47)35(55-37-32(53-28(42)16-2)26(41(12)13)17-21(4)50-37)23(6)31(24(7)36(46)52-27)54-29-19-39(10,49-14)34(45)25(8)51-29;23-22(24,25)17-6-7-21-19(16-17)28(18-4-1-2-5-20(18)30-21)9-3-8-26-10-12-27(13-11-26)14-15-29;1-2-3-4-5-6-7-8-9-10-11-12-16-17(13,14)15;;/h20-27,29,31-35,37,44-45,47-48H,15-19H2,1-14H3;1-2,4-7,16,29H,3,8-15H2;2-12H2,1H3,(H,13,14,15);2*1H. The highest BCUT2D eigenvalue weighted by atomic mass is 35.5. The Bertz CT molecular complexity index is 3000. The molecule has 23 nitrogen and oxygen atoms in total. The highest BCUT2D eigenvalue weighted by molar-refractivity contribution is 7.99. The number of nitrogens with zero attached hydrogens (tertiary/aromatic N) is 4. The minimum absolute atomic E-state index is 0. The highest BCUT2D eigenvalue weighted by Crippen LogP contribution is 2.50. The summed E-state index contributed by atoms with van der Waals surface area (Å²) in [6.07, 6.45) is -1.31. The van der Waals surface area contributed by atoms with Crippen LogP contribution in [0.25, 0.3) is 0 Å². The second kappa shape index (κ2) is 44.1. The predicted octanol–water partition coefficient (Wildman–Crippen LogP) is 11.6. The topological polar surface area (TPSA) is 294 Å². The van der Waals surface area contributed by atoms with E-state index in [1.165, 1.54) is 96.7 Å². The van der Waals surface area contributed by atoms with Crippen LogP contribution in [0, 0.1) is 23.7 Å². The molecule has 602 valence electrons. The molecule has 6 N–H and O–H groups in total. The summed E-state index contributed by atoms with van der Waals surface area (Å²) < 4.78 is 117. The number of rotatable bonds is 27. The van der Waals surface area contributed by atoms with E-state index in [9.17, 15) is 56.4 Å². The molecule has 104 heavy (non-hydrogen) atoms. The Morgan fingerprint density at radius 1 is 0.750 bits per heavy atom.